The molecule has 0 spiro atoms. The van der Waals surface area contributed by atoms with E-state index >= 15 is 0 Å². The minimum Gasteiger partial charge on any atom is -0.454 e. The van der Waals surface area contributed by atoms with E-state index in [1.165, 1.54) is 16.5 Å². The number of carbonyl (C=O) groups excluding carboxylic acids is 1. The number of carbonyl (C=O) groups is 1. The van der Waals surface area contributed by atoms with Gasteiger partial charge in [0.15, 0.2) is 11.5 Å². The molecule has 0 atom stereocenters. The van der Waals surface area contributed by atoms with E-state index in [1.54, 1.807) is 6.08 Å². The zero-order chi connectivity index (χ0) is 18.9. The van der Waals surface area contributed by atoms with E-state index in [0.717, 1.165) is 43.0 Å². The van der Waals surface area contributed by atoms with E-state index in [0.29, 0.717) is 5.92 Å². The van der Waals surface area contributed by atoms with Gasteiger partial charge in [0.2, 0.25) is 12.7 Å². The predicted octanol–water partition coefficient (Wildman–Crippen LogP) is 4.32. The lowest BCUT2D eigenvalue weighted by molar-refractivity contribution is -0.126. The average molecular weight is 374 g/mol. The molecule has 3 aromatic rings. The molecule has 142 valence electrons. The standard InChI is InChI=1S/C23H22N2O3/c26-23(8-6-16-5-7-21-22(13-16)28-15-27-21)25-11-9-17(10-12-25)19-14-24-20-4-2-1-3-18(19)20/h1-8,13-14,17,24H,9-12,15H2/b8-6+. The molecule has 2 aliphatic heterocycles. The summed E-state index contributed by atoms with van der Waals surface area (Å²) in [7, 11) is 0. The summed E-state index contributed by atoms with van der Waals surface area (Å²) in [5, 5.41) is 1.30. The first-order valence-electron chi connectivity index (χ1n) is 9.70. The van der Waals surface area contributed by atoms with E-state index in [1.807, 2.05) is 29.2 Å². The average Bonchev–Trinajstić information content (AvgIpc) is 3.38. The Morgan fingerprint density at radius 2 is 1.89 bits per heavy atom. The Morgan fingerprint density at radius 1 is 1.07 bits per heavy atom. The minimum atomic E-state index is 0.0649. The van der Waals surface area contributed by atoms with Crippen LogP contribution in [-0.4, -0.2) is 35.7 Å². The lowest BCUT2D eigenvalue weighted by Crippen LogP contribution is -2.36. The number of para-hydroxylation sites is 1. The Bertz CT molecular complexity index is 1040. The molecule has 3 heterocycles. The number of H-pyrrole nitrogens is 1. The van der Waals surface area contributed by atoms with Gasteiger partial charge >= 0.3 is 0 Å². The van der Waals surface area contributed by atoms with Crippen LogP contribution < -0.4 is 9.47 Å². The van der Waals surface area contributed by atoms with Crippen LogP contribution in [0, 0.1) is 0 Å². The zero-order valence-electron chi connectivity index (χ0n) is 15.6. The van der Waals surface area contributed by atoms with Crippen molar-refractivity contribution in [3.05, 3.63) is 65.9 Å². The number of amides is 1. The molecule has 0 saturated carbocycles. The quantitative estimate of drug-likeness (QED) is 0.695. The van der Waals surface area contributed by atoms with Crippen molar-refractivity contribution in [1.82, 2.24) is 9.88 Å². The summed E-state index contributed by atoms with van der Waals surface area (Å²) < 4.78 is 10.7. The summed E-state index contributed by atoms with van der Waals surface area (Å²) in [6, 6.07) is 14.1. The Morgan fingerprint density at radius 3 is 2.79 bits per heavy atom. The Labute approximate surface area is 163 Å². The number of hydrogen-bond donors (Lipinski definition) is 1. The van der Waals surface area contributed by atoms with E-state index in [4.69, 9.17) is 9.47 Å². The molecule has 1 amide bonds. The van der Waals surface area contributed by atoms with Crippen molar-refractivity contribution in [3.63, 3.8) is 0 Å². The van der Waals surface area contributed by atoms with Crippen molar-refractivity contribution >= 4 is 22.9 Å². The number of aromatic nitrogens is 1. The van der Waals surface area contributed by atoms with Crippen molar-refractivity contribution in [3.8, 4) is 11.5 Å². The second-order valence-corrected chi connectivity index (χ2v) is 7.34. The maximum Gasteiger partial charge on any atom is 0.246 e. The van der Waals surface area contributed by atoms with Crippen molar-refractivity contribution in [1.29, 1.82) is 0 Å². The molecule has 2 aromatic carbocycles. The molecule has 0 unspecified atom stereocenters. The fourth-order valence-corrected chi connectivity index (χ4v) is 4.13. The fraction of sp³-hybridized carbons (Fsp3) is 0.261. The van der Waals surface area contributed by atoms with Gasteiger partial charge in [0.25, 0.3) is 0 Å². The summed E-state index contributed by atoms with van der Waals surface area (Å²) in [6.07, 6.45) is 7.61. The van der Waals surface area contributed by atoms with Crippen LogP contribution in [0.3, 0.4) is 0 Å². The normalized spacial score (nSPS) is 16.9. The van der Waals surface area contributed by atoms with Crippen LogP contribution in [0.15, 0.2) is 54.7 Å². The van der Waals surface area contributed by atoms with Gasteiger partial charge < -0.3 is 19.4 Å². The smallest absolute Gasteiger partial charge is 0.246 e. The minimum absolute atomic E-state index is 0.0649. The second-order valence-electron chi connectivity index (χ2n) is 7.34. The lowest BCUT2D eigenvalue weighted by Gasteiger charge is -2.31. The van der Waals surface area contributed by atoms with Crippen LogP contribution in [0.1, 0.15) is 29.9 Å². The van der Waals surface area contributed by atoms with Crippen LogP contribution in [-0.2, 0) is 4.79 Å². The summed E-state index contributed by atoms with van der Waals surface area (Å²) in [4.78, 5) is 17.9. The number of likely N-dealkylation sites (tertiary alicyclic amines) is 1. The van der Waals surface area contributed by atoms with Gasteiger partial charge in [-0.1, -0.05) is 24.3 Å². The number of ether oxygens (including phenoxy) is 2. The molecule has 5 nitrogen and oxygen atoms in total. The highest BCUT2D eigenvalue weighted by atomic mass is 16.7. The number of benzene rings is 2. The summed E-state index contributed by atoms with van der Waals surface area (Å²) in [5.41, 5.74) is 3.49. The zero-order valence-corrected chi connectivity index (χ0v) is 15.6. The molecule has 1 N–H and O–H groups in total. The molecular weight excluding hydrogens is 352 g/mol. The summed E-state index contributed by atoms with van der Waals surface area (Å²) >= 11 is 0. The van der Waals surface area contributed by atoms with Gasteiger partial charge in [0, 0.05) is 36.3 Å². The molecule has 5 heteroatoms. The van der Waals surface area contributed by atoms with Gasteiger partial charge in [0.1, 0.15) is 0 Å². The number of fused-ring (bicyclic) bond motifs is 2. The maximum absolute atomic E-state index is 12.6. The molecule has 1 saturated heterocycles. The summed E-state index contributed by atoms with van der Waals surface area (Å²) in [5.74, 6) is 2.05. The highest BCUT2D eigenvalue weighted by Gasteiger charge is 2.24. The fourth-order valence-electron chi connectivity index (χ4n) is 4.13. The van der Waals surface area contributed by atoms with E-state index in [2.05, 4.69) is 35.4 Å². The third kappa shape index (κ3) is 3.13. The topological polar surface area (TPSA) is 54.6 Å². The molecule has 0 radical (unpaired) electrons. The van der Waals surface area contributed by atoms with Gasteiger partial charge in [-0.25, -0.2) is 0 Å². The van der Waals surface area contributed by atoms with Crippen LogP contribution in [0.5, 0.6) is 11.5 Å². The van der Waals surface area contributed by atoms with E-state index < -0.39 is 0 Å². The highest BCUT2D eigenvalue weighted by Crippen LogP contribution is 2.34. The Balaban J connectivity index is 1.22. The summed E-state index contributed by atoms with van der Waals surface area (Å²) in [6.45, 7) is 1.83. The largest absolute Gasteiger partial charge is 0.454 e. The second kappa shape index (κ2) is 7.08. The van der Waals surface area contributed by atoms with Crippen LogP contribution >= 0.6 is 0 Å². The van der Waals surface area contributed by atoms with E-state index in [-0.39, 0.29) is 12.7 Å². The van der Waals surface area contributed by atoms with Crippen LogP contribution in [0.4, 0.5) is 0 Å². The van der Waals surface area contributed by atoms with Crippen LogP contribution in [0.2, 0.25) is 0 Å². The predicted molar refractivity (Wildman–Crippen MR) is 108 cm³/mol. The molecule has 1 fully saturated rings. The number of nitrogens with one attached hydrogen (secondary N) is 1. The number of nitrogens with zero attached hydrogens (tertiary/aromatic N) is 1. The lowest BCUT2D eigenvalue weighted by atomic mass is 9.89. The monoisotopic (exact) mass is 374 g/mol. The molecule has 0 bridgehead atoms. The first-order chi connectivity index (χ1) is 13.8. The SMILES string of the molecule is O=C(/C=C/c1ccc2c(c1)OCO2)N1CCC(c2c[nH]c3ccccc23)CC1. The molecule has 1 aromatic heterocycles. The van der Waals surface area contributed by atoms with Crippen molar-refractivity contribution < 1.29 is 14.3 Å². The Kier molecular flexibility index (Phi) is 4.28. The van der Waals surface area contributed by atoms with E-state index in [9.17, 15) is 4.79 Å². The van der Waals surface area contributed by atoms with Gasteiger partial charge in [-0.05, 0) is 54.2 Å². The van der Waals surface area contributed by atoms with Crippen molar-refractivity contribution in [2.75, 3.05) is 19.9 Å². The van der Waals surface area contributed by atoms with Crippen molar-refractivity contribution in [2.45, 2.75) is 18.8 Å². The molecule has 5 rings (SSSR count). The van der Waals surface area contributed by atoms with Gasteiger partial charge in [-0.2, -0.15) is 0 Å². The van der Waals surface area contributed by atoms with Crippen molar-refractivity contribution in [2.24, 2.45) is 0 Å². The van der Waals surface area contributed by atoms with Gasteiger partial charge in [0.05, 0.1) is 0 Å². The Hall–Kier alpha value is -3.21. The molecule has 2 aliphatic rings. The third-order valence-corrected chi connectivity index (χ3v) is 5.68. The third-order valence-electron chi connectivity index (χ3n) is 5.68. The van der Waals surface area contributed by atoms with Gasteiger partial charge in [-0.3, -0.25) is 4.79 Å². The molecular formula is C23H22N2O3. The first-order valence-corrected chi connectivity index (χ1v) is 9.70. The maximum atomic E-state index is 12.6. The number of hydrogen-bond acceptors (Lipinski definition) is 3. The highest BCUT2D eigenvalue weighted by molar-refractivity contribution is 5.92. The number of rotatable bonds is 3. The van der Waals surface area contributed by atoms with Gasteiger partial charge in [-0.15, -0.1) is 0 Å². The van der Waals surface area contributed by atoms with Crippen LogP contribution in [0.25, 0.3) is 17.0 Å². The first kappa shape index (κ1) is 16.9. The molecule has 28 heavy (non-hydrogen) atoms. The molecule has 0 aliphatic carbocycles. The number of aromatic amines is 1. The number of piperidine rings is 1.